The van der Waals surface area contributed by atoms with E-state index in [0.717, 1.165) is 31.8 Å². The van der Waals surface area contributed by atoms with Crippen molar-refractivity contribution in [2.24, 2.45) is 5.92 Å². The molecule has 3 aliphatic rings. The van der Waals surface area contributed by atoms with E-state index in [2.05, 4.69) is 9.80 Å². The lowest BCUT2D eigenvalue weighted by molar-refractivity contribution is -0.121. The lowest BCUT2D eigenvalue weighted by atomic mass is 10.1. The van der Waals surface area contributed by atoms with Gasteiger partial charge in [-0.2, -0.15) is 0 Å². The molecule has 2 heterocycles. The Morgan fingerprint density at radius 3 is 2.76 bits per heavy atom. The molecule has 3 rings (SSSR count). The third-order valence-corrected chi connectivity index (χ3v) is 4.80. The fourth-order valence-electron chi connectivity index (χ4n) is 3.84. The van der Waals surface area contributed by atoms with Gasteiger partial charge in [-0.25, -0.2) is 0 Å². The maximum absolute atomic E-state index is 11.7. The van der Waals surface area contributed by atoms with Crippen molar-refractivity contribution in [3.63, 3.8) is 0 Å². The summed E-state index contributed by atoms with van der Waals surface area (Å²) in [6.07, 6.45) is 7.15. The number of hydrogen-bond donors (Lipinski definition) is 0. The maximum atomic E-state index is 11.7. The first-order valence-electron chi connectivity index (χ1n) is 7.32. The third kappa shape index (κ3) is 2.55. The lowest BCUT2D eigenvalue weighted by Gasteiger charge is -2.27. The van der Waals surface area contributed by atoms with Crippen molar-refractivity contribution in [2.45, 2.75) is 44.6 Å². The summed E-state index contributed by atoms with van der Waals surface area (Å²) in [5.41, 5.74) is 0. The molecular formula is C14H24N2O. The van der Waals surface area contributed by atoms with Crippen molar-refractivity contribution >= 4 is 5.78 Å². The van der Waals surface area contributed by atoms with Crippen LogP contribution in [0.5, 0.6) is 0 Å². The molecule has 2 unspecified atom stereocenters. The molecule has 2 saturated heterocycles. The van der Waals surface area contributed by atoms with Crippen LogP contribution < -0.4 is 0 Å². The van der Waals surface area contributed by atoms with Crippen molar-refractivity contribution in [3.05, 3.63) is 0 Å². The molecule has 0 aromatic heterocycles. The van der Waals surface area contributed by atoms with Crippen LogP contribution in [0.3, 0.4) is 0 Å². The zero-order valence-electron chi connectivity index (χ0n) is 10.7. The largest absolute Gasteiger partial charge is 0.301 e. The van der Waals surface area contributed by atoms with Crippen LogP contribution in [-0.4, -0.2) is 54.3 Å². The molecule has 2 atom stereocenters. The van der Waals surface area contributed by atoms with Gasteiger partial charge in [0.25, 0.3) is 0 Å². The van der Waals surface area contributed by atoms with Crippen molar-refractivity contribution in [3.8, 4) is 0 Å². The first-order chi connectivity index (χ1) is 8.33. The number of fused-ring (bicyclic) bond motifs is 1. The second kappa shape index (κ2) is 5.07. The molecule has 1 aliphatic carbocycles. The Bertz CT molecular complexity index is 292. The van der Waals surface area contributed by atoms with Gasteiger partial charge in [-0.15, -0.1) is 0 Å². The van der Waals surface area contributed by atoms with Gasteiger partial charge in [-0.05, 0) is 51.7 Å². The van der Waals surface area contributed by atoms with Gasteiger partial charge >= 0.3 is 0 Å². The Labute approximate surface area is 104 Å². The molecular weight excluding hydrogens is 212 g/mol. The van der Waals surface area contributed by atoms with E-state index in [1.165, 1.54) is 45.4 Å². The highest BCUT2D eigenvalue weighted by Gasteiger charge is 2.31. The summed E-state index contributed by atoms with van der Waals surface area (Å²) in [5, 5.41) is 0. The van der Waals surface area contributed by atoms with Gasteiger partial charge in [0.1, 0.15) is 5.78 Å². The Morgan fingerprint density at radius 1 is 1.06 bits per heavy atom. The van der Waals surface area contributed by atoms with E-state index in [4.69, 9.17) is 0 Å². The van der Waals surface area contributed by atoms with Gasteiger partial charge in [0.05, 0.1) is 0 Å². The van der Waals surface area contributed by atoms with E-state index in [1.54, 1.807) is 0 Å². The van der Waals surface area contributed by atoms with Crippen molar-refractivity contribution < 1.29 is 4.79 Å². The quantitative estimate of drug-likeness (QED) is 0.726. The number of carbonyl (C=O) groups is 1. The maximum Gasteiger partial charge on any atom is 0.137 e. The summed E-state index contributed by atoms with van der Waals surface area (Å²) in [6.45, 7) is 6.05. The fourth-order valence-corrected chi connectivity index (χ4v) is 3.84. The molecule has 96 valence electrons. The van der Waals surface area contributed by atoms with Gasteiger partial charge < -0.3 is 4.90 Å². The predicted molar refractivity (Wildman–Crippen MR) is 68.0 cm³/mol. The van der Waals surface area contributed by atoms with Crippen LogP contribution in [0.2, 0.25) is 0 Å². The second-order valence-corrected chi connectivity index (χ2v) is 6.00. The van der Waals surface area contributed by atoms with Gasteiger partial charge in [0.2, 0.25) is 0 Å². The van der Waals surface area contributed by atoms with Gasteiger partial charge in [0, 0.05) is 31.5 Å². The number of nitrogens with zero attached hydrogens (tertiary/aromatic N) is 2. The fraction of sp³-hybridized carbons (Fsp3) is 0.929. The van der Waals surface area contributed by atoms with Crippen LogP contribution in [0.25, 0.3) is 0 Å². The highest BCUT2D eigenvalue weighted by atomic mass is 16.1. The molecule has 0 amide bonds. The Kier molecular flexibility index (Phi) is 3.48. The van der Waals surface area contributed by atoms with E-state index < -0.39 is 0 Å². The van der Waals surface area contributed by atoms with Crippen LogP contribution in [0.15, 0.2) is 0 Å². The number of carbonyl (C=O) groups excluding carboxylic acids is 1. The minimum Gasteiger partial charge on any atom is -0.301 e. The van der Waals surface area contributed by atoms with Gasteiger partial charge in [0.15, 0.2) is 0 Å². The van der Waals surface area contributed by atoms with Gasteiger partial charge in [-0.1, -0.05) is 0 Å². The molecule has 0 radical (unpaired) electrons. The Morgan fingerprint density at radius 2 is 1.94 bits per heavy atom. The number of hydrogen-bond acceptors (Lipinski definition) is 3. The summed E-state index contributed by atoms with van der Waals surface area (Å²) >= 11 is 0. The van der Waals surface area contributed by atoms with Crippen LogP contribution >= 0.6 is 0 Å². The average molecular weight is 236 g/mol. The van der Waals surface area contributed by atoms with E-state index in [1.807, 2.05) is 0 Å². The van der Waals surface area contributed by atoms with Crippen LogP contribution in [0.1, 0.15) is 38.5 Å². The zero-order valence-corrected chi connectivity index (χ0v) is 10.7. The molecule has 1 saturated carbocycles. The molecule has 3 heteroatoms. The normalized spacial score (nSPS) is 36.1. The molecule has 17 heavy (non-hydrogen) atoms. The van der Waals surface area contributed by atoms with Crippen LogP contribution in [0, 0.1) is 5.92 Å². The summed E-state index contributed by atoms with van der Waals surface area (Å²) in [5.74, 6) is 0.889. The molecule has 0 bridgehead atoms. The molecule has 0 spiro atoms. The van der Waals surface area contributed by atoms with E-state index in [-0.39, 0.29) is 0 Å². The summed E-state index contributed by atoms with van der Waals surface area (Å²) in [7, 11) is 0. The first kappa shape index (κ1) is 11.7. The standard InChI is InChI=1S/C14H24N2O/c17-14-6-1-4-12(14)10-15-7-3-9-16-8-2-5-13(16)11-15/h12-13H,1-11H2. The number of ketones is 1. The summed E-state index contributed by atoms with van der Waals surface area (Å²) in [6, 6.07) is 0.786. The monoisotopic (exact) mass is 236 g/mol. The minimum absolute atomic E-state index is 0.364. The van der Waals surface area contributed by atoms with Crippen molar-refractivity contribution in [1.29, 1.82) is 0 Å². The average Bonchev–Trinajstić information content (AvgIpc) is 2.86. The van der Waals surface area contributed by atoms with Crippen molar-refractivity contribution in [1.82, 2.24) is 9.80 Å². The minimum atomic E-state index is 0.364. The second-order valence-electron chi connectivity index (χ2n) is 6.00. The SMILES string of the molecule is O=C1CCCC1CN1CCCN2CCCC2C1. The lowest BCUT2D eigenvalue weighted by Crippen LogP contribution is -2.39. The van der Waals surface area contributed by atoms with E-state index in [9.17, 15) is 4.79 Å². The number of rotatable bonds is 2. The number of Topliss-reactive ketones (excluding diaryl/α,β-unsaturated/α-hetero) is 1. The van der Waals surface area contributed by atoms with Crippen molar-refractivity contribution in [2.75, 3.05) is 32.7 Å². The predicted octanol–water partition coefficient (Wildman–Crippen LogP) is 1.53. The third-order valence-electron chi connectivity index (χ3n) is 4.80. The summed E-state index contributed by atoms with van der Waals surface area (Å²) < 4.78 is 0. The van der Waals surface area contributed by atoms with E-state index >= 15 is 0 Å². The molecule has 3 nitrogen and oxygen atoms in total. The highest BCUT2D eigenvalue weighted by Crippen LogP contribution is 2.25. The zero-order chi connectivity index (χ0) is 11.7. The van der Waals surface area contributed by atoms with Crippen LogP contribution in [0.4, 0.5) is 0 Å². The Hall–Kier alpha value is -0.410. The topological polar surface area (TPSA) is 23.6 Å². The van der Waals surface area contributed by atoms with Crippen LogP contribution in [-0.2, 0) is 4.79 Å². The Balaban J connectivity index is 1.57. The van der Waals surface area contributed by atoms with Gasteiger partial charge in [-0.3, -0.25) is 9.69 Å². The van der Waals surface area contributed by atoms with E-state index in [0.29, 0.717) is 11.7 Å². The molecule has 0 aromatic rings. The molecule has 2 aliphatic heterocycles. The smallest absolute Gasteiger partial charge is 0.137 e. The molecule has 0 N–H and O–H groups in total. The molecule has 0 aromatic carbocycles. The first-order valence-corrected chi connectivity index (χ1v) is 7.32. The highest BCUT2D eigenvalue weighted by molar-refractivity contribution is 5.83. The summed E-state index contributed by atoms with van der Waals surface area (Å²) in [4.78, 5) is 17.0. The molecule has 3 fully saturated rings.